The van der Waals surface area contributed by atoms with E-state index in [1.165, 1.54) is 25.7 Å². The third-order valence-corrected chi connectivity index (χ3v) is 3.08. The van der Waals surface area contributed by atoms with E-state index < -0.39 is 11.8 Å². The number of ether oxygens (including phenoxy) is 1. The van der Waals surface area contributed by atoms with Crippen molar-refractivity contribution < 1.29 is 13.9 Å². The third-order valence-electron chi connectivity index (χ3n) is 2.80. The molecule has 0 saturated heterocycles. The summed E-state index contributed by atoms with van der Waals surface area (Å²) >= 11 is 5.97. The molecule has 0 spiro atoms. The molecule has 1 aromatic carbocycles. The van der Waals surface area contributed by atoms with Gasteiger partial charge in [0.15, 0.2) is 5.15 Å². The van der Waals surface area contributed by atoms with Crippen molar-refractivity contribution in [2.75, 3.05) is 7.11 Å². The predicted molar refractivity (Wildman–Crippen MR) is 66.8 cm³/mol. The number of esters is 1. The lowest BCUT2D eigenvalue weighted by Crippen LogP contribution is -2.05. The second-order valence-electron chi connectivity index (χ2n) is 3.86. The van der Waals surface area contributed by atoms with Gasteiger partial charge in [-0.3, -0.25) is 4.40 Å². The lowest BCUT2D eigenvalue weighted by molar-refractivity contribution is 0.0595. The molecule has 96 valence electrons. The fourth-order valence-corrected chi connectivity index (χ4v) is 2.13. The van der Waals surface area contributed by atoms with Crippen LogP contribution in [0.5, 0.6) is 0 Å². The molecule has 0 N–H and O–H groups in total. The number of methoxy groups -OCH3 is 1. The van der Waals surface area contributed by atoms with Gasteiger partial charge in [-0.15, -0.1) is 0 Å². The monoisotopic (exact) mass is 279 g/mol. The lowest BCUT2D eigenvalue weighted by Gasteiger charge is -2.06. The number of rotatable bonds is 1. The summed E-state index contributed by atoms with van der Waals surface area (Å²) in [5.74, 6) is -1.45. The first kappa shape index (κ1) is 11.9. The first-order valence-electron chi connectivity index (χ1n) is 5.31. The molecule has 0 unspecified atom stereocenters. The normalized spacial score (nSPS) is 11.1. The van der Waals surface area contributed by atoms with Gasteiger partial charge >= 0.3 is 5.97 Å². The Labute approximate surface area is 111 Å². The summed E-state index contributed by atoms with van der Waals surface area (Å²) in [6.07, 6.45) is 3.06. The molecule has 0 saturated carbocycles. The van der Waals surface area contributed by atoms with Crippen molar-refractivity contribution in [1.82, 2.24) is 14.4 Å². The van der Waals surface area contributed by atoms with Crippen molar-refractivity contribution in [3.63, 3.8) is 0 Å². The largest absolute Gasteiger partial charge is 0.465 e. The second kappa shape index (κ2) is 4.17. The summed E-state index contributed by atoms with van der Waals surface area (Å²) in [6, 6.07) is 2.52. The molecule has 0 fully saturated rings. The number of carbonyl (C=O) groups excluding carboxylic acids is 1. The molecule has 2 aromatic heterocycles. The number of halogens is 2. The maximum Gasteiger partial charge on any atom is 0.340 e. The zero-order valence-corrected chi connectivity index (χ0v) is 10.5. The van der Waals surface area contributed by atoms with Crippen LogP contribution in [0.1, 0.15) is 10.4 Å². The first-order chi connectivity index (χ1) is 9.11. The summed E-state index contributed by atoms with van der Waals surface area (Å²) in [5, 5.41) is 0.218. The maximum absolute atomic E-state index is 13.8. The van der Waals surface area contributed by atoms with Gasteiger partial charge in [0.05, 0.1) is 36.2 Å². The van der Waals surface area contributed by atoms with Crippen LogP contribution in [0.4, 0.5) is 4.39 Å². The van der Waals surface area contributed by atoms with Crippen molar-refractivity contribution in [3.8, 4) is 0 Å². The molecule has 3 rings (SSSR count). The van der Waals surface area contributed by atoms with E-state index in [2.05, 4.69) is 14.7 Å². The molecule has 7 heteroatoms. The Morgan fingerprint density at radius 2 is 2.21 bits per heavy atom. The summed E-state index contributed by atoms with van der Waals surface area (Å²) < 4.78 is 20.0. The van der Waals surface area contributed by atoms with Gasteiger partial charge in [-0.05, 0) is 6.07 Å². The van der Waals surface area contributed by atoms with Crippen LogP contribution in [0, 0.1) is 5.82 Å². The number of fused-ring (bicyclic) bond motifs is 3. The highest BCUT2D eigenvalue weighted by Crippen LogP contribution is 2.24. The number of hydrogen-bond donors (Lipinski definition) is 0. The van der Waals surface area contributed by atoms with Crippen LogP contribution < -0.4 is 0 Å². The number of hydrogen-bond acceptors (Lipinski definition) is 4. The van der Waals surface area contributed by atoms with Gasteiger partial charge in [0.1, 0.15) is 11.3 Å². The maximum atomic E-state index is 13.8. The van der Waals surface area contributed by atoms with Gasteiger partial charge in [-0.25, -0.2) is 19.2 Å². The van der Waals surface area contributed by atoms with Gasteiger partial charge in [-0.2, -0.15) is 0 Å². The van der Waals surface area contributed by atoms with Gasteiger partial charge in [0, 0.05) is 6.07 Å². The van der Waals surface area contributed by atoms with Crippen molar-refractivity contribution in [1.29, 1.82) is 0 Å². The molecule has 3 aromatic rings. The van der Waals surface area contributed by atoms with E-state index in [4.69, 9.17) is 11.6 Å². The Hall–Kier alpha value is -2.21. The highest BCUT2D eigenvalue weighted by Gasteiger charge is 2.16. The van der Waals surface area contributed by atoms with Crippen molar-refractivity contribution >= 4 is 34.1 Å². The van der Waals surface area contributed by atoms with E-state index >= 15 is 0 Å². The average molecular weight is 280 g/mol. The quantitative estimate of drug-likeness (QED) is 0.642. The molecular formula is C12H7ClFN3O2. The van der Waals surface area contributed by atoms with Crippen molar-refractivity contribution in [2.24, 2.45) is 0 Å². The van der Waals surface area contributed by atoms with E-state index in [1.54, 1.807) is 4.40 Å². The Bertz CT molecular complexity index is 815. The standard InChI is InChI=1S/C12H7ClFN3O2/c1-19-12(18)6-2-9-8(3-7(6)14)16-11(13)10-4-15-5-17(9)10/h2-5H,1H3. The molecule has 0 aliphatic rings. The van der Waals surface area contributed by atoms with E-state index in [1.807, 2.05) is 0 Å². The van der Waals surface area contributed by atoms with Crippen LogP contribution in [0.25, 0.3) is 16.6 Å². The zero-order chi connectivity index (χ0) is 13.6. The Morgan fingerprint density at radius 1 is 1.42 bits per heavy atom. The minimum atomic E-state index is -0.748. The highest BCUT2D eigenvalue weighted by molar-refractivity contribution is 6.33. The van der Waals surface area contributed by atoms with Crippen molar-refractivity contribution in [3.05, 3.63) is 41.2 Å². The van der Waals surface area contributed by atoms with Crippen LogP contribution in [0.3, 0.4) is 0 Å². The van der Waals surface area contributed by atoms with Gasteiger partial charge in [-0.1, -0.05) is 11.6 Å². The first-order valence-corrected chi connectivity index (χ1v) is 5.68. The Kier molecular flexibility index (Phi) is 2.60. The van der Waals surface area contributed by atoms with Crippen LogP contribution in [0.15, 0.2) is 24.7 Å². The molecule has 0 aliphatic carbocycles. The number of aromatic nitrogens is 3. The molecule has 0 bridgehead atoms. The molecule has 0 aliphatic heterocycles. The van der Waals surface area contributed by atoms with Crippen molar-refractivity contribution in [2.45, 2.75) is 0 Å². The molecule has 0 atom stereocenters. The molecule has 0 amide bonds. The smallest absolute Gasteiger partial charge is 0.340 e. The van der Waals surface area contributed by atoms with Crippen LogP contribution >= 0.6 is 11.6 Å². The van der Waals surface area contributed by atoms with Gasteiger partial charge in [0.25, 0.3) is 0 Å². The minimum Gasteiger partial charge on any atom is -0.465 e. The average Bonchev–Trinajstić information content (AvgIpc) is 2.87. The summed E-state index contributed by atoms with van der Waals surface area (Å²) in [6.45, 7) is 0. The Balaban J connectivity index is 2.43. The lowest BCUT2D eigenvalue weighted by atomic mass is 10.1. The fraction of sp³-hybridized carbons (Fsp3) is 0.0833. The second-order valence-corrected chi connectivity index (χ2v) is 4.22. The Morgan fingerprint density at radius 3 is 2.95 bits per heavy atom. The van der Waals surface area contributed by atoms with Crippen LogP contribution in [0.2, 0.25) is 5.15 Å². The van der Waals surface area contributed by atoms with Crippen LogP contribution in [-0.4, -0.2) is 27.4 Å². The molecule has 0 radical (unpaired) electrons. The van der Waals surface area contributed by atoms with E-state index in [0.717, 1.165) is 6.07 Å². The summed E-state index contributed by atoms with van der Waals surface area (Å²) in [5.41, 5.74) is 1.28. The third kappa shape index (κ3) is 1.72. The topological polar surface area (TPSA) is 56.5 Å². The molecule has 19 heavy (non-hydrogen) atoms. The highest BCUT2D eigenvalue weighted by atomic mass is 35.5. The summed E-state index contributed by atoms with van der Waals surface area (Å²) in [7, 11) is 1.19. The van der Waals surface area contributed by atoms with Crippen LogP contribution in [-0.2, 0) is 4.74 Å². The van der Waals surface area contributed by atoms with Gasteiger partial charge < -0.3 is 4.74 Å². The zero-order valence-electron chi connectivity index (χ0n) is 9.72. The molecular weight excluding hydrogens is 273 g/mol. The minimum absolute atomic E-state index is 0.158. The number of carbonyl (C=O) groups is 1. The van der Waals surface area contributed by atoms with Gasteiger partial charge in [0.2, 0.25) is 0 Å². The predicted octanol–water partition coefficient (Wildman–Crippen LogP) is 2.46. The van der Waals surface area contributed by atoms with E-state index in [-0.39, 0.29) is 10.7 Å². The van der Waals surface area contributed by atoms with E-state index in [0.29, 0.717) is 16.6 Å². The number of benzene rings is 1. The van der Waals surface area contributed by atoms with E-state index in [9.17, 15) is 9.18 Å². The fourth-order valence-electron chi connectivity index (χ4n) is 1.90. The summed E-state index contributed by atoms with van der Waals surface area (Å²) in [4.78, 5) is 19.5. The molecule has 5 nitrogen and oxygen atoms in total. The molecule has 2 heterocycles. The SMILES string of the molecule is COC(=O)c1cc2c(cc1F)nc(Cl)c1cncn12. The number of nitrogens with zero attached hydrogens (tertiary/aromatic N) is 3. The number of imidazole rings is 1.